The molecule has 0 aromatic rings. The monoisotopic (exact) mass is 1320 g/mol. The summed E-state index contributed by atoms with van der Waals surface area (Å²) < 4.78 is 2.70. The molecule has 0 N–H and O–H groups in total. The maximum Gasteiger partial charge on any atom is 4.00 e. The summed E-state index contributed by atoms with van der Waals surface area (Å²) in [4.78, 5) is 9.22. The fourth-order valence-corrected chi connectivity index (χ4v) is 11.9. The van der Waals surface area contributed by atoms with Gasteiger partial charge in [-0.3, -0.25) is 0 Å². The molecule has 13 heteroatoms. The minimum Gasteiger partial charge on any atom is -0.411 e. The molecule has 0 bridgehead atoms. The van der Waals surface area contributed by atoms with E-state index in [1.807, 2.05) is 0 Å². The Morgan fingerprint density at radius 2 is 0.333 bits per heavy atom. The van der Waals surface area contributed by atoms with Gasteiger partial charge in [-0.25, -0.2) is 0 Å². The molecule has 0 spiro atoms. The second kappa shape index (κ2) is 65.4. The van der Waals surface area contributed by atoms with E-state index in [0.717, 1.165) is 99.7 Å². The number of nitrogens with zero attached hydrogens (tertiary/aromatic N) is 4. The fourth-order valence-electron chi connectivity index (χ4n) is 10.7. The average Bonchev–Trinajstić information content (AvgIpc) is 3.45. The van der Waals surface area contributed by atoms with Crippen LogP contribution in [-0.4, -0.2) is 89.2 Å². The van der Waals surface area contributed by atoms with Gasteiger partial charge in [-0.05, 0) is 98.7 Å². The predicted octanol–water partition coefficient (Wildman–Crippen LogP) is 22.2. The van der Waals surface area contributed by atoms with Crippen molar-refractivity contribution in [2.24, 2.45) is 47.3 Å². The summed E-state index contributed by atoms with van der Waals surface area (Å²) >= 11 is 42.5. The molecule has 483 valence electrons. The van der Waals surface area contributed by atoms with Crippen LogP contribution in [0.4, 0.5) is 0 Å². The van der Waals surface area contributed by atoms with E-state index >= 15 is 0 Å². The molecule has 4 nitrogen and oxygen atoms in total. The molecule has 81 heavy (non-hydrogen) atoms. The number of rotatable bonds is 48. The molecule has 0 aliphatic heterocycles. The molecular formula is C68H136MnN4S8. The first-order valence-corrected chi connectivity index (χ1v) is 37.4. The number of hydrogen-bond donors (Lipinski definition) is 0. The van der Waals surface area contributed by atoms with Crippen LogP contribution in [0.15, 0.2) is 0 Å². The number of hydrogen-bond acceptors (Lipinski definition) is 8. The van der Waals surface area contributed by atoms with Crippen LogP contribution in [0.1, 0.15) is 316 Å². The first-order valence-electron chi connectivity index (χ1n) is 34.2. The van der Waals surface area contributed by atoms with Gasteiger partial charge in [-0.2, -0.15) is 0 Å². The molecule has 0 amide bonds. The van der Waals surface area contributed by atoms with Crippen LogP contribution < -0.4 is 0 Å². The molecule has 0 saturated carbocycles. The Labute approximate surface area is 564 Å². The van der Waals surface area contributed by atoms with Crippen molar-refractivity contribution in [3.63, 3.8) is 0 Å². The second-order valence-corrected chi connectivity index (χ2v) is 28.1. The van der Waals surface area contributed by atoms with Gasteiger partial charge in [0.1, 0.15) is 0 Å². The zero-order valence-corrected chi connectivity index (χ0v) is 64.0. The SMILES string of the molecule is CCCCC(CC)CN(CC(CC)CCCC)C(=S)[S-].CCCCC(CC)CN(CC(CC)CCCC)C(=S)[S-].CCCCC(CC)CN(CC(CC)CCCC)C(=S)[S-].CCCCC(CC)CN(CC(CC)CCCC)C(=S)[S-].[Mn+4]. The first kappa shape index (κ1) is 90.7. The van der Waals surface area contributed by atoms with E-state index in [1.165, 1.54) is 205 Å². The molecule has 0 aromatic heterocycles. The first-order chi connectivity index (χ1) is 38.3. The summed E-state index contributed by atoms with van der Waals surface area (Å²) in [5.41, 5.74) is 0. The van der Waals surface area contributed by atoms with Crippen molar-refractivity contribution in [1.82, 2.24) is 19.6 Å². The van der Waals surface area contributed by atoms with Gasteiger partial charge in [0.05, 0.1) is 0 Å². The predicted molar refractivity (Wildman–Crippen MR) is 393 cm³/mol. The fraction of sp³-hybridized carbons (Fsp3) is 0.941. The van der Waals surface area contributed by atoms with Gasteiger partial charge in [0.2, 0.25) is 0 Å². The van der Waals surface area contributed by atoms with E-state index in [2.05, 4.69) is 130 Å². The molecule has 0 aromatic carbocycles. The van der Waals surface area contributed by atoms with Gasteiger partial charge >= 0.3 is 17.1 Å². The van der Waals surface area contributed by atoms with E-state index in [-0.39, 0.29) is 17.1 Å². The second-order valence-electron chi connectivity index (χ2n) is 24.0. The standard InChI is InChI=1S/4C17H35NS2.Mn/c4*1-5-9-11-15(7-3)13-18(17(19)20)14-16(8-4)12-10-6-2;/h4*15-16H,5-14H2,1-4H3,(H,19,20);/q;;;;+4/p-4. The van der Waals surface area contributed by atoms with Crippen molar-refractivity contribution in [1.29, 1.82) is 0 Å². The van der Waals surface area contributed by atoms with Gasteiger partial charge in [0.15, 0.2) is 0 Å². The largest absolute Gasteiger partial charge is 4.00 e. The summed E-state index contributed by atoms with van der Waals surface area (Å²) in [5.74, 6) is 6.00. The molecule has 0 fully saturated rings. The maximum atomic E-state index is 5.32. The molecule has 0 aliphatic carbocycles. The zero-order chi connectivity index (χ0) is 61.5. The van der Waals surface area contributed by atoms with Crippen molar-refractivity contribution in [3.05, 3.63) is 0 Å². The third-order valence-corrected chi connectivity index (χ3v) is 19.3. The average molecular weight is 1320 g/mol. The van der Waals surface area contributed by atoms with Crippen molar-refractivity contribution in [2.45, 2.75) is 316 Å². The molecule has 0 heterocycles. The Balaban J connectivity index is -0.000000316. The molecule has 0 aliphatic rings. The van der Waals surface area contributed by atoms with Crippen LogP contribution in [0.3, 0.4) is 0 Å². The van der Waals surface area contributed by atoms with E-state index in [9.17, 15) is 0 Å². The smallest absolute Gasteiger partial charge is 0.411 e. The molecule has 0 saturated heterocycles. The number of thiocarbonyl (C=S) groups is 4. The molecule has 8 unspecified atom stereocenters. The number of unbranched alkanes of at least 4 members (excludes halogenated alkanes) is 8. The van der Waals surface area contributed by atoms with Gasteiger partial charge < -0.3 is 119 Å². The van der Waals surface area contributed by atoms with Gasteiger partial charge in [0.25, 0.3) is 0 Å². The van der Waals surface area contributed by atoms with E-state index in [0.29, 0.717) is 17.3 Å². The molecule has 8 atom stereocenters. The summed E-state index contributed by atoms with van der Waals surface area (Å²) in [6.07, 6.45) is 41.2. The van der Waals surface area contributed by atoms with Crippen LogP contribution in [0, 0.1) is 47.3 Å². The Morgan fingerprint density at radius 1 is 0.235 bits per heavy atom. The van der Waals surface area contributed by atoms with Crippen molar-refractivity contribution < 1.29 is 17.1 Å². The van der Waals surface area contributed by atoms with Crippen LogP contribution in [-0.2, 0) is 67.6 Å². The van der Waals surface area contributed by atoms with E-state index in [4.69, 9.17) is 99.4 Å². The van der Waals surface area contributed by atoms with Gasteiger partial charge in [0, 0.05) is 52.4 Å². The van der Waals surface area contributed by atoms with E-state index in [1.54, 1.807) is 0 Å². The third kappa shape index (κ3) is 53.7. The van der Waals surface area contributed by atoms with Gasteiger partial charge in [-0.15, -0.1) is 0 Å². The summed E-state index contributed by atoms with van der Waals surface area (Å²) in [6, 6.07) is 0. The van der Waals surface area contributed by atoms with Crippen molar-refractivity contribution in [3.8, 4) is 0 Å². The summed E-state index contributed by atoms with van der Waals surface area (Å²) in [7, 11) is 0. The van der Waals surface area contributed by atoms with Crippen LogP contribution in [0.5, 0.6) is 0 Å². The van der Waals surface area contributed by atoms with Gasteiger partial charge in [-0.1, -0.05) is 282 Å². The summed E-state index contributed by atoms with van der Waals surface area (Å²) in [5, 5.41) is 0. The molecule has 0 rings (SSSR count). The quantitative estimate of drug-likeness (QED) is 0.0327. The van der Waals surface area contributed by atoms with Crippen molar-refractivity contribution in [2.75, 3.05) is 52.4 Å². The molecule has 1 radical (unpaired) electrons. The normalized spacial score (nSPS) is 13.8. The van der Waals surface area contributed by atoms with Crippen LogP contribution >= 0.6 is 48.9 Å². The van der Waals surface area contributed by atoms with Crippen LogP contribution in [0.25, 0.3) is 0 Å². The third-order valence-electron chi connectivity index (χ3n) is 17.2. The Kier molecular flexibility index (Phi) is 73.2. The Hall–Kier alpha value is 0.959. The Bertz CT molecular complexity index is 1110. The molecular weight excluding hydrogens is 1180 g/mol. The topological polar surface area (TPSA) is 13.0 Å². The summed E-state index contributed by atoms with van der Waals surface area (Å²) in [6.45, 7) is 45.0. The minimum absolute atomic E-state index is 0. The maximum absolute atomic E-state index is 5.32. The minimum atomic E-state index is 0. The van der Waals surface area contributed by atoms with Crippen molar-refractivity contribution >= 4 is 117 Å². The Morgan fingerprint density at radius 3 is 0.395 bits per heavy atom. The van der Waals surface area contributed by atoms with Crippen LogP contribution in [0.2, 0.25) is 0 Å². The van der Waals surface area contributed by atoms with E-state index < -0.39 is 0 Å². The zero-order valence-electron chi connectivity index (χ0n) is 56.3.